The summed E-state index contributed by atoms with van der Waals surface area (Å²) in [5, 5.41) is 14.0. The molecule has 2 rings (SSSR count). The van der Waals surface area contributed by atoms with Gasteiger partial charge in [0.25, 0.3) is 5.91 Å². The number of thiophene rings is 1. The number of rotatable bonds is 3. The molecule has 0 aliphatic carbocycles. The topological polar surface area (TPSA) is 87.7 Å². The summed E-state index contributed by atoms with van der Waals surface area (Å²) in [6.45, 7) is 0. The Labute approximate surface area is 139 Å². The van der Waals surface area contributed by atoms with Crippen molar-refractivity contribution in [2.24, 2.45) is 10.9 Å². The lowest BCUT2D eigenvalue weighted by molar-refractivity contribution is 0.102. The summed E-state index contributed by atoms with van der Waals surface area (Å²) in [7, 11) is 0. The first kappa shape index (κ1) is 15.9. The molecule has 0 aliphatic heterocycles. The van der Waals surface area contributed by atoms with Gasteiger partial charge in [-0.15, -0.1) is 11.3 Å². The van der Waals surface area contributed by atoms with E-state index in [1.54, 1.807) is 6.07 Å². The molecule has 2 aromatic rings. The number of hydrogen-bond acceptors (Lipinski definition) is 4. The zero-order valence-corrected chi connectivity index (χ0v) is 14.2. The van der Waals surface area contributed by atoms with Crippen molar-refractivity contribution in [2.45, 2.75) is 0 Å². The molecule has 5 nitrogen and oxygen atoms in total. The van der Waals surface area contributed by atoms with Gasteiger partial charge in [0.15, 0.2) is 5.84 Å². The van der Waals surface area contributed by atoms with E-state index in [9.17, 15) is 9.18 Å². The van der Waals surface area contributed by atoms with Gasteiger partial charge in [-0.3, -0.25) is 4.79 Å². The van der Waals surface area contributed by atoms with Crippen LogP contribution in [0.2, 0.25) is 0 Å². The Morgan fingerprint density at radius 2 is 2.05 bits per heavy atom. The molecule has 0 aliphatic rings. The van der Waals surface area contributed by atoms with Gasteiger partial charge in [0, 0.05) is 5.69 Å². The molecule has 1 aromatic carbocycles. The summed E-state index contributed by atoms with van der Waals surface area (Å²) in [6, 6.07) is 5.47. The van der Waals surface area contributed by atoms with Crippen LogP contribution in [0, 0.1) is 5.82 Å². The van der Waals surface area contributed by atoms with Gasteiger partial charge in [0.1, 0.15) is 5.82 Å². The van der Waals surface area contributed by atoms with Crippen LogP contribution in [0.25, 0.3) is 0 Å². The minimum Gasteiger partial charge on any atom is -0.409 e. The fourth-order valence-electron chi connectivity index (χ4n) is 1.55. The average molecular weight is 437 g/mol. The van der Waals surface area contributed by atoms with E-state index in [0.29, 0.717) is 15.0 Å². The fraction of sp³-hybridized carbons (Fsp3) is 0. The van der Waals surface area contributed by atoms with Crippen molar-refractivity contribution < 1.29 is 14.4 Å². The minimum absolute atomic E-state index is 0.0964. The Hall–Kier alpha value is -1.45. The van der Waals surface area contributed by atoms with Gasteiger partial charge in [-0.05, 0) is 56.1 Å². The Morgan fingerprint density at radius 1 is 1.33 bits per heavy atom. The maximum absolute atomic E-state index is 13.5. The second-order valence-corrected chi connectivity index (χ2v) is 7.62. The van der Waals surface area contributed by atoms with E-state index < -0.39 is 5.82 Å². The molecular formula is C12H8Br2FN3O2S. The molecule has 0 saturated carbocycles. The molecule has 21 heavy (non-hydrogen) atoms. The molecule has 1 amide bonds. The van der Waals surface area contributed by atoms with Gasteiger partial charge in [-0.25, -0.2) is 4.39 Å². The summed E-state index contributed by atoms with van der Waals surface area (Å²) in [4.78, 5) is 12.1. The lowest BCUT2D eigenvalue weighted by atomic mass is 10.1. The number of nitrogens with two attached hydrogens (primary N) is 1. The van der Waals surface area contributed by atoms with E-state index in [2.05, 4.69) is 42.3 Å². The SMILES string of the molecule is N/C(=N/O)c1cc(NC(=O)c2cc(Br)sc2Br)ccc1F. The molecule has 0 saturated heterocycles. The number of nitrogens with one attached hydrogen (secondary N) is 1. The molecular weight excluding hydrogens is 429 g/mol. The number of hydrogen-bond donors (Lipinski definition) is 3. The zero-order valence-electron chi connectivity index (χ0n) is 10.2. The highest BCUT2D eigenvalue weighted by atomic mass is 79.9. The van der Waals surface area contributed by atoms with Gasteiger partial charge in [-0.2, -0.15) is 0 Å². The van der Waals surface area contributed by atoms with Crippen molar-refractivity contribution in [1.82, 2.24) is 0 Å². The molecule has 9 heteroatoms. The zero-order chi connectivity index (χ0) is 15.6. The second kappa shape index (κ2) is 6.54. The smallest absolute Gasteiger partial charge is 0.257 e. The van der Waals surface area contributed by atoms with E-state index in [1.807, 2.05) is 0 Å². The van der Waals surface area contributed by atoms with Crippen LogP contribution in [0.3, 0.4) is 0 Å². The number of nitrogens with zero attached hydrogens (tertiary/aromatic N) is 1. The van der Waals surface area contributed by atoms with Crippen molar-refractivity contribution in [2.75, 3.05) is 5.32 Å². The minimum atomic E-state index is -0.650. The monoisotopic (exact) mass is 435 g/mol. The molecule has 0 bridgehead atoms. The predicted octanol–water partition coefficient (Wildman–Crippen LogP) is 3.76. The van der Waals surface area contributed by atoms with Crippen molar-refractivity contribution in [3.05, 3.63) is 48.8 Å². The molecule has 0 radical (unpaired) electrons. The van der Waals surface area contributed by atoms with Gasteiger partial charge < -0.3 is 16.3 Å². The number of anilines is 1. The van der Waals surface area contributed by atoms with E-state index >= 15 is 0 Å². The van der Waals surface area contributed by atoms with Crippen LogP contribution in [0.15, 0.2) is 37.0 Å². The third kappa shape index (κ3) is 3.60. The maximum atomic E-state index is 13.5. The second-order valence-electron chi connectivity index (χ2n) is 3.87. The van der Waals surface area contributed by atoms with E-state index in [4.69, 9.17) is 10.9 Å². The van der Waals surface area contributed by atoms with Gasteiger partial charge in [0.05, 0.1) is 18.7 Å². The summed E-state index contributed by atoms with van der Waals surface area (Å²) in [5.74, 6) is -1.38. The molecule has 0 spiro atoms. The Kier molecular flexibility index (Phi) is 4.96. The summed E-state index contributed by atoms with van der Waals surface area (Å²) >= 11 is 7.93. The number of amidine groups is 1. The lowest BCUT2D eigenvalue weighted by Gasteiger charge is -2.07. The molecule has 110 valence electrons. The number of halogens is 3. The average Bonchev–Trinajstić information content (AvgIpc) is 2.79. The van der Waals surface area contributed by atoms with E-state index in [0.717, 1.165) is 9.85 Å². The van der Waals surface area contributed by atoms with Gasteiger partial charge >= 0.3 is 0 Å². The molecule has 4 N–H and O–H groups in total. The third-order valence-electron chi connectivity index (χ3n) is 2.51. The summed E-state index contributed by atoms with van der Waals surface area (Å²) in [5.41, 5.74) is 6.05. The highest BCUT2D eigenvalue weighted by Gasteiger charge is 2.15. The highest BCUT2D eigenvalue weighted by Crippen LogP contribution is 2.32. The van der Waals surface area contributed by atoms with Crippen molar-refractivity contribution in [3.63, 3.8) is 0 Å². The largest absolute Gasteiger partial charge is 0.409 e. The quantitative estimate of drug-likeness (QED) is 0.296. The van der Waals surface area contributed by atoms with Gasteiger partial charge in [-0.1, -0.05) is 5.16 Å². The van der Waals surface area contributed by atoms with Crippen LogP contribution < -0.4 is 11.1 Å². The normalized spacial score (nSPS) is 11.5. The van der Waals surface area contributed by atoms with Crippen LogP contribution in [-0.2, 0) is 0 Å². The van der Waals surface area contributed by atoms with Crippen molar-refractivity contribution >= 4 is 60.6 Å². The number of amides is 1. The van der Waals surface area contributed by atoms with Gasteiger partial charge in [0.2, 0.25) is 0 Å². The van der Waals surface area contributed by atoms with E-state index in [1.165, 1.54) is 23.5 Å². The highest BCUT2D eigenvalue weighted by molar-refractivity contribution is 9.12. The first-order valence-electron chi connectivity index (χ1n) is 5.46. The van der Waals surface area contributed by atoms with Crippen LogP contribution in [0.1, 0.15) is 15.9 Å². The van der Waals surface area contributed by atoms with E-state index in [-0.39, 0.29) is 17.3 Å². The summed E-state index contributed by atoms with van der Waals surface area (Å²) < 4.78 is 15.0. The lowest BCUT2D eigenvalue weighted by Crippen LogP contribution is -2.17. The number of carbonyl (C=O) groups excluding carboxylic acids is 1. The first-order chi connectivity index (χ1) is 9.92. The number of benzene rings is 1. The van der Waals surface area contributed by atoms with Crippen LogP contribution in [0.4, 0.5) is 10.1 Å². The number of oxime groups is 1. The van der Waals surface area contributed by atoms with Crippen LogP contribution in [0.5, 0.6) is 0 Å². The Bertz CT molecular complexity index is 733. The third-order valence-corrected chi connectivity index (χ3v) is 4.85. The van der Waals surface area contributed by atoms with Crippen molar-refractivity contribution in [3.8, 4) is 0 Å². The fourth-order valence-corrected chi connectivity index (χ4v) is 4.34. The predicted molar refractivity (Wildman–Crippen MR) is 86.6 cm³/mol. The number of carbonyl (C=O) groups is 1. The maximum Gasteiger partial charge on any atom is 0.257 e. The van der Waals surface area contributed by atoms with Crippen molar-refractivity contribution in [1.29, 1.82) is 0 Å². The molecule has 1 aromatic heterocycles. The Morgan fingerprint density at radius 3 is 2.62 bits per heavy atom. The molecule has 0 unspecified atom stereocenters. The molecule has 0 fully saturated rings. The molecule has 1 heterocycles. The first-order valence-corrected chi connectivity index (χ1v) is 7.86. The molecule has 0 atom stereocenters. The standard InChI is InChI=1S/C12H8Br2FN3O2S/c13-9-4-7(10(14)21-9)12(19)17-5-1-2-8(15)6(3-5)11(16)18-20/h1-4,20H,(H2,16,18)(H,17,19). The Balaban J connectivity index is 2.28. The van der Waals surface area contributed by atoms with Crippen LogP contribution in [-0.4, -0.2) is 17.0 Å². The van der Waals surface area contributed by atoms with Crippen LogP contribution >= 0.6 is 43.2 Å². The summed E-state index contributed by atoms with van der Waals surface area (Å²) in [6.07, 6.45) is 0.